The van der Waals surface area contributed by atoms with Crippen LogP contribution in [0.1, 0.15) is 32.6 Å². The smallest absolute Gasteiger partial charge is 0.343 e. The van der Waals surface area contributed by atoms with Gasteiger partial charge in [0.2, 0.25) is 0 Å². The zero-order valence-electron chi connectivity index (χ0n) is 8.77. The molecule has 0 radical (unpaired) electrons. The molecule has 4 heteroatoms. The van der Waals surface area contributed by atoms with Crippen LogP contribution in [-0.4, -0.2) is 22.2 Å². The molecule has 15 heavy (non-hydrogen) atoms. The first kappa shape index (κ1) is 13.4. The molecular formula is C11H16O4. The highest BCUT2D eigenvalue weighted by Crippen LogP contribution is 2.01. The molecule has 0 aliphatic rings. The zero-order chi connectivity index (χ0) is 11.7. The van der Waals surface area contributed by atoms with E-state index in [9.17, 15) is 9.59 Å². The molecule has 0 spiro atoms. The van der Waals surface area contributed by atoms with E-state index in [0.717, 1.165) is 31.8 Å². The van der Waals surface area contributed by atoms with Gasteiger partial charge in [0, 0.05) is 0 Å². The highest BCUT2D eigenvalue weighted by atomic mass is 16.4. The Morgan fingerprint density at radius 1 is 1.13 bits per heavy atom. The van der Waals surface area contributed by atoms with Crippen molar-refractivity contribution in [1.29, 1.82) is 0 Å². The maximum atomic E-state index is 10.4. The van der Waals surface area contributed by atoms with Gasteiger partial charge in [-0.2, -0.15) is 0 Å². The zero-order valence-corrected chi connectivity index (χ0v) is 8.77. The Morgan fingerprint density at radius 3 is 2.20 bits per heavy atom. The number of carboxylic acids is 2. The molecule has 0 heterocycles. The summed E-state index contributed by atoms with van der Waals surface area (Å²) in [5.41, 5.74) is -0.609. The minimum Gasteiger partial charge on any atom is -0.477 e. The predicted molar refractivity (Wildman–Crippen MR) is 56.6 cm³/mol. The molecule has 0 aliphatic carbocycles. The average Bonchev–Trinajstić information content (AvgIpc) is 2.15. The topological polar surface area (TPSA) is 74.6 Å². The Kier molecular flexibility index (Phi) is 6.97. The van der Waals surface area contributed by atoms with Gasteiger partial charge in [-0.1, -0.05) is 31.9 Å². The molecule has 0 aromatic heterocycles. The van der Waals surface area contributed by atoms with Crippen molar-refractivity contribution in [3.63, 3.8) is 0 Å². The summed E-state index contributed by atoms with van der Waals surface area (Å²) in [5.74, 6) is -2.83. The molecule has 2 N–H and O–H groups in total. The van der Waals surface area contributed by atoms with E-state index in [4.69, 9.17) is 10.2 Å². The molecule has 0 aromatic rings. The van der Waals surface area contributed by atoms with Crippen molar-refractivity contribution >= 4 is 11.9 Å². The highest BCUT2D eigenvalue weighted by molar-refractivity contribution is 6.12. The Bertz CT molecular complexity index is 260. The fourth-order valence-corrected chi connectivity index (χ4v) is 1.01. The second-order valence-corrected chi connectivity index (χ2v) is 3.11. The standard InChI is InChI=1S/C11H16O4/c1-2-3-4-5-6-7-8-9(10(12)13)11(14)15/h6-8H,2-5H2,1H3,(H,12,13)(H,14,15). The number of allylic oxidation sites excluding steroid dienone is 3. The summed E-state index contributed by atoms with van der Waals surface area (Å²) < 4.78 is 0. The van der Waals surface area contributed by atoms with Crippen molar-refractivity contribution in [2.75, 3.05) is 0 Å². The van der Waals surface area contributed by atoms with Gasteiger partial charge < -0.3 is 10.2 Å². The quantitative estimate of drug-likeness (QED) is 0.223. The molecule has 0 bridgehead atoms. The van der Waals surface area contributed by atoms with Gasteiger partial charge in [0.1, 0.15) is 5.57 Å². The number of hydrogen-bond acceptors (Lipinski definition) is 2. The number of hydrogen-bond donors (Lipinski definition) is 2. The van der Waals surface area contributed by atoms with Crippen molar-refractivity contribution < 1.29 is 19.8 Å². The van der Waals surface area contributed by atoms with E-state index in [1.165, 1.54) is 6.08 Å². The van der Waals surface area contributed by atoms with E-state index < -0.39 is 17.5 Å². The lowest BCUT2D eigenvalue weighted by Crippen LogP contribution is -2.10. The number of carbonyl (C=O) groups is 2. The second-order valence-electron chi connectivity index (χ2n) is 3.11. The Balaban J connectivity index is 4.10. The third kappa shape index (κ3) is 6.49. The van der Waals surface area contributed by atoms with E-state index in [1.54, 1.807) is 6.08 Å². The van der Waals surface area contributed by atoms with Crippen LogP contribution in [0.15, 0.2) is 23.8 Å². The van der Waals surface area contributed by atoms with Gasteiger partial charge in [0.05, 0.1) is 0 Å². The first-order valence-electron chi connectivity index (χ1n) is 4.93. The minimum absolute atomic E-state index is 0.609. The fourth-order valence-electron chi connectivity index (χ4n) is 1.01. The maximum absolute atomic E-state index is 10.4. The first-order valence-corrected chi connectivity index (χ1v) is 4.93. The summed E-state index contributed by atoms with van der Waals surface area (Å²) in [6.45, 7) is 2.09. The van der Waals surface area contributed by atoms with E-state index >= 15 is 0 Å². The molecular weight excluding hydrogens is 196 g/mol. The van der Waals surface area contributed by atoms with Gasteiger partial charge >= 0.3 is 11.9 Å². The Morgan fingerprint density at radius 2 is 1.73 bits per heavy atom. The maximum Gasteiger partial charge on any atom is 0.343 e. The van der Waals surface area contributed by atoms with Crippen molar-refractivity contribution in [3.8, 4) is 0 Å². The van der Waals surface area contributed by atoms with Crippen LogP contribution in [0.2, 0.25) is 0 Å². The third-order valence-electron chi connectivity index (χ3n) is 1.83. The second kappa shape index (κ2) is 7.79. The molecule has 0 unspecified atom stereocenters. The monoisotopic (exact) mass is 212 g/mol. The lowest BCUT2D eigenvalue weighted by Gasteiger charge is -1.92. The van der Waals surface area contributed by atoms with Gasteiger partial charge in [-0.05, 0) is 18.9 Å². The van der Waals surface area contributed by atoms with E-state index in [0.29, 0.717) is 0 Å². The largest absolute Gasteiger partial charge is 0.477 e. The lowest BCUT2D eigenvalue weighted by atomic mass is 10.2. The van der Waals surface area contributed by atoms with Crippen LogP contribution in [0.25, 0.3) is 0 Å². The Labute approximate surface area is 88.9 Å². The van der Waals surface area contributed by atoms with Gasteiger partial charge in [-0.15, -0.1) is 0 Å². The fraction of sp³-hybridized carbons (Fsp3) is 0.455. The molecule has 0 aliphatic heterocycles. The number of rotatable bonds is 7. The molecule has 84 valence electrons. The SMILES string of the molecule is CCCCCC=CC=C(C(=O)O)C(=O)O. The molecule has 0 rings (SSSR count). The van der Waals surface area contributed by atoms with Gasteiger partial charge in [0.25, 0.3) is 0 Å². The molecule has 0 saturated heterocycles. The van der Waals surface area contributed by atoms with E-state index in [-0.39, 0.29) is 0 Å². The highest BCUT2D eigenvalue weighted by Gasteiger charge is 2.13. The van der Waals surface area contributed by atoms with Crippen molar-refractivity contribution in [2.24, 2.45) is 0 Å². The molecule has 0 atom stereocenters. The molecule has 0 aromatic carbocycles. The van der Waals surface area contributed by atoms with Crippen LogP contribution in [0, 0.1) is 0 Å². The number of aliphatic carboxylic acids is 2. The van der Waals surface area contributed by atoms with Crippen LogP contribution in [0.4, 0.5) is 0 Å². The number of carboxylic acid groups (broad SMARTS) is 2. The molecule has 0 amide bonds. The number of unbranched alkanes of at least 4 members (excludes halogenated alkanes) is 3. The summed E-state index contributed by atoms with van der Waals surface area (Å²) in [7, 11) is 0. The van der Waals surface area contributed by atoms with Crippen molar-refractivity contribution in [2.45, 2.75) is 32.6 Å². The van der Waals surface area contributed by atoms with E-state index in [2.05, 4.69) is 6.92 Å². The van der Waals surface area contributed by atoms with Gasteiger partial charge in [-0.3, -0.25) is 0 Å². The van der Waals surface area contributed by atoms with Crippen molar-refractivity contribution in [3.05, 3.63) is 23.8 Å². The summed E-state index contributed by atoms with van der Waals surface area (Å²) in [4.78, 5) is 20.8. The van der Waals surface area contributed by atoms with Gasteiger partial charge in [0.15, 0.2) is 0 Å². The normalized spacial score (nSPS) is 10.2. The minimum atomic E-state index is -1.42. The van der Waals surface area contributed by atoms with Crippen LogP contribution < -0.4 is 0 Å². The van der Waals surface area contributed by atoms with Crippen LogP contribution >= 0.6 is 0 Å². The van der Waals surface area contributed by atoms with E-state index in [1.807, 2.05) is 0 Å². The third-order valence-corrected chi connectivity index (χ3v) is 1.83. The molecule has 0 saturated carbocycles. The summed E-state index contributed by atoms with van der Waals surface area (Å²) in [6.07, 6.45) is 8.50. The molecule has 4 nitrogen and oxygen atoms in total. The summed E-state index contributed by atoms with van der Waals surface area (Å²) in [5, 5.41) is 17.0. The lowest BCUT2D eigenvalue weighted by molar-refractivity contribution is -0.140. The Hall–Kier alpha value is -1.58. The average molecular weight is 212 g/mol. The first-order chi connectivity index (χ1) is 7.09. The molecule has 0 fully saturated rings. The van der Waals surface area contributed by atoms with Gasteiger partial charge in [-0.25, -0.2) is 9.59 Å². The van der Waals surface area contributed by atoms with Crippen molar-refractivity contribution in [1.82, 2.24) is 0 Å². The van der Waals surface area contributed by atoms with Crippen LogP contribution in [-0.2, 0) is 9.59 Å². The predicted octanol–water partition coefficient (Wildman–Crippen LogP) is 2.22. The summed E-state index contributed by atoms with van der Waals surface area (Å²) in [6, 6.07) is 0. The van der Waals surface area contributed by atoms with Crippen LogP contribution in [0.3, 0.4) is 0 Å². The summed E-state index contributed by atoms with van der Waals surface area (Å²) >= 11 is 0. The van der Waals surface area contributed by atoms with Crippen LogP contribution in [0.5, 0.6) is 0 Å².